The van der Waals surface area contributed by atoms with Crippen molar-refractivity contribution in [1.82, 2.24) is 5.32 Å². The molecule has 2 N–H and O–H groups in total. The predicted octanol–water partition coefficient (Wildman–Crippen LogP) is 4.91. The lowest BCUT2D eigenvalue weighted by molar-refractivity contribution is 0.0487. The topological polar surface area (TPSA) is 85.9 Å². The van der Waals surface area contributed by atoms with Gasteiger partial charge in [-0.2, -0.15) is 0 Å². The summed E-state index contributed by atoms with van der Waals surface area (Å²) in [6.45, 7) is 9.77. The van der Waals surface area contributed by atoms with Gasteiger partial charge in [-0.1, -0.05) is 18.2 Å². The second kappa shape index (κ2) is 10.7. The molecule has 2 aromatic rings. The zero-order chi connectivity index (χ0) is 23.9. The Morgan fingerprint density at radius 2 is 1.76 bits per heavy atom. The van der Waals surface area contributed by atoms with Crippen LogP contribution in [-0.2, 0) is 14.9 Å². The molecule has 1 saturated heterocycles. The zero-order valence-electron chi connectivity index (χ0n) is 19.9. The molecule has 0 unspecified atom stereocenters. The summed E-state index contributed by atoms with van der Waals surface area (Å²) in [4.78, 5) is 25.0. The fourth-order valence-corrected chi connectivity index (χ4v) is 3.91. The van der Waals surface area contributed by atoms with E-state index in [1.165, 1.54) is 0 Å². The van der Waals surface area contributed by atoms with E-state index in [-0.39, 0.29) is 11.3 Å². The average molecular weight is 455 g/mol. The molecule has 0 bridgehead atoms. The summed E-state index contributed by atoms with van der Waals surface area (Å²) >= 11 is 0. The van der Waals surface area contributed by atoms with Gasteiger partial charge in [0.1, 0.15) is 11.4 Å². The van der Waals surface area contributed by atoms with E-state index in [0.29, 0.717) is 37.6 Å². The van der Waals surface area contributed by atoms with Crippen LogP contribution in [0.15, 0.2) is 48.5 Å². The minimum absolute atomic E-state index is 0.195. The number of hydrogen-bond acceptors (Lipinski definition) is 5. The van der Waals surface area contributed by atoms with Crippen molar-refractivity contribution in [1.29, 1.82) is 0 Å². The van der Waals surface area contributed by atoms with Crippen LogP contribution in [0.25, 0.3) is 0 Å². The highest BCUT2D eigenvalue weighted by Gasteiger charge is 2.35. The number of carbonyl (C=O) groups excluding carboxylic acids is 2. The highest BCUT2D eigenvalue weighted by atomic mass is 16.6. The monoisotopic (exact) mass is 454 g/mol. The van der Waals surface area contributed by atoms with E-state index >= 15 is 0 Å². The van der Waals surface area contributed by atoms with E-state index in [2.05, 4.69) is 22.8 Å². The maximum atomic E-state index is 13.0. The van der Waals surface area contributed by atoms with Gasteiger partial charge in [0.05, 0.1) is 6.61 Å². The lowest BCUT2D eigenvalue weighted by Gasteiger charge is -2.38. The van der Waals surface area contributed by atoms with Gasteiger partial charge in [-0.05, 0) is 76.4 Å². The normalized spacial score (nSPS) is 15.4. The Kier molecular flexibility index (Phi) is 7.97. The van der Waals surface area contributed by atoms with Gasteiger partial charge < -0.3 is 19.5 Å². The minimum Gasteiger partial charge on any atom is -0.494 e. The number of nitrogens with one attached hydrogen (secondary N) is 2. The summed E-state index contributed by atoms with van der Waals surface area (Å²) in [5.41, 5.74) is 1.33. The number of benzene rings is 2. The molecule has 2 aromatic carbocycles. The second-order valence-corrected chi connectivity index (χ2v) is 9.24. The van der Waals surface area contributed by atoms with Gasteiger partial charge >= 0.3 is 6.09 Å². The van der Waals surface area contributed by atoms with Crippen molar-refractivity contribution in [2.45, 2.75) is 51.6 Å². The third-order valence-electron chi connectivity index (χ3n) is 5.58. The van der Waals surface area contributed by atoms with E-state index in [4.69, 9.17) is 14.2 Å². The second-order valence-electron chi connectivity index (χ2n) is 9.24. The standard InChI is InChI=1S/C26H34N2O5/c1-5-32-22-11-9-20(10-12-22)26(13-15-31-16-14-26)18-27-23(29)19-7-6-8-21(17-19)28-24(30)33-25(2,3)4/h6-12,17H,5,13-16,18H2,1-4H3,(H,27,29)(H,28,30). The molecule has 0 saturated carbocycles. The molecule has 33 heavy (non-hydrogen) atoms. The summed E-state index contributed by atoms with van der Waals surface area (Å²) in [7, 11) is 0. The number of amides is 2. The van der Waals surface area contributed by atoms with E-state index in [0.717, 1.165) is 24.2 Å². The first kappa shape index (κ1) is 24.6. The highest BCUT2D eigenvalue weighted by molar-refractivity contribution is 5.96. The van der Waals surface area contributed by atoms with Crippen molar-refractivity contribution in [3.8, 4) is 5.75 Å². The quantitative estimate of drug-likeness (QED) is 0.621. The van der Waals surface area contributed by atoms with Crippen molar-refractivity contribution in [3.63, 3.8) is 0 Å². The van der Waals surface area contributed by atoms with Gasteiger partial charge in [0, 0.05) is 36.4 Å². The molecule has 178 valence electrons. The number of hydrogen-bond donors (Lipinski definition) is 2. The summed E-state index contributed by atoms with van der Waals surface area (Å²) in [6.07, 6.45) is 1.08. The Hall–Kier alpha value is -3.06. The minimum atomic E-state index is -0.599. The summed E-state index contributed by atoms with van der Waals surface area (Å²) < 4.78 is 16.5. The average Bonchev–Trinajstić information content (AvgIpc) is 2.77. The van der Waals surface area contributed by atoms with E-state index in [1.807, 2.05) is 19.1 Å². The van der Waals surface area contributed by atoms with Gasteiger partial charge in [-0.15, -0.1) is 0 Å². The molecule has 7 heteroatoms. The summed E-state index contributed by atoms with van der Waals surface area (Å²) in [5.74, 6) is 0.640. The van der Waals surface area contributed by atoms with Crippen LogP contribution in [-0.4, -0.2) is 44.0 Å². The van der Waals surface area contributed by atoms with E-state index in [1.54, 1.807) is 45.0 Å². The molecule has 0 aromatic heterocycles. The van der Waals surface area contributed by atoms with Crippen LogP contribution in [0.4, 0.5) is 10.5 Å². The lowest BCUT2D eigenvalue weighted by Crippen LogP contribution is -2.44. The van der Waals surface area contributed by atoms with Crippen molar-refractivity contribution in [3.05, 3.63) is 59.7 Å². The van der Waals surface area contributed by atoms with Crippen LogP contribution < -0.4 is 15.4 Å². The number of carbonyl (C=O) groups is 2. The van der Waals surface area contributed by atoms with Crippen LogP contribution in [0, 0.1) is 0 Å². The molecule has 7 nitrogen and oxygen atoms in total. The van der Waals surface area contributed by atoms with Crippen LogP contribution in [0.3, 0.4) is 0 Å². The molecular formula is C26H34N2O5. The Bertz CT molecular complexity index is 944. The van der Waals surface area contributed by atoms with Crippen LogP contribution >= 0.6 is 0 Å². The van der Waals surface area contributed by atoms with Gasteiger partial charge in [0.2, 0.25) is 0 Å². The molecular weight excluding hydrogens is 420 g/mol. The maximum Gasteiger partial charge on any atom is 0.412 e. The van der Waals surface area contributed by atoms with Gasteiger partial charge in [-0.3, -0.25) is 10.1 Å². The predicted molar refractivity (Wildman–Crippen MR) is 128 cm³/mol. The molecule has 1 aliphatic heterocycles. The van der Waals surface area contributed by atoms with E-state index in [9.17, 15) is 9.59 Å². The zero-order valence-corrected chi connectivity index (χ0v) is 19.9. The first-order valence-electron chi connectivity index (χ1n) is 11.4. The van der Waals surface area contributed by atoms with Crippen molar-refractivity contribution in [2.24, 2.45) is 0 Å². The smallest absolute Gasteiger partial charge is 0.412 e. The largest absolute Gasteiger partial charge is 0.494 e. The Balaban J connectivity index is 1.69. The van der Waals surface area contributed by atoms with Crippen molar-refractivity contribution in [2.75, 3.05) is 31.7 Å². The number of rotatable bonds is 7. The number of anilines is 1. The molecule has 1 aliphatic rings. The van der Waals surface area contributed by atoms with Gasteiger partial charge in [0.25, 0.3) is 5.91 Å². The fourth-order valence-electron chi connectivity index (χ4n) is 3.91. The molecule has 0 aliphatic carbocycles. The SMILES string of the molecule is CCOc1ccc(C2(CNC(=O)c3cccc(NC(=O)OC(C)(C)C)c3)CCOCC2)cc1. The lowest BCUT2D eigenvalue weighted by atomic mass is 9.74. The molecule has 1 heterocycles. The van der Waals surface area contributed by atoms with Crippen LogP contribution in [0.2, 0.25) is 0 Å². The summed E-state index contributed by atoms with van der Waals surface area (Å²) in [6, 6.07) is 14.9. The molecule has 0 radical (unpaired) electrons. The molecule has 0 spiro atoms. The fraction of sp³-hybridized carbons (Fsp3) is 0.462. The van der Waals surface area contributed by atoms with Crippen LogP contribution in [0.5, 0.6) is 5.75 Å². The molecule has 0 atom stereocenters. The van der Waals surface area contributed by atoms with Gasteiger partial charge in [0.15, 0.2) is 0 Å². The van der Waals surface area contributed by atoms with E-state index < -0.39 is 11.7 Å². The summed E-state index contributed by atoms with van der Waals surface area (Å²) in [5, 5.41) is 5.78. The Labute approximate surface area is 195 Å². The van der Waals surface area contributed by atoms with Crippen molar-refractivity contribution >= 4 is 17.7 Å². The first-order chi connectivity index (χ1) is 15.7. The van der Waals surface area contributed by atoms with Gasteiger partial charge in [-0.25, -0.2) is 4.79 Å². The maximum absolute atomic E-state index is 13.0. The Morgan fingerprint density at radius 3 is 2.39 bits per heavy atom. The van der Waals surface area contributed by atoms with Crippen molar-refractivity contribution < 1.29 is 23.8 Å². The third-order valence-corrected chi connectivity index (χ3v) is 5.58. The molecule has 1 fully saturated rings. The third kappa shape index (κ3) is 6.96. The highest BCUT2D eigenvalue weighted by Crippen LogP contribution is 2.35. The molecule has 3 rings (SSSR count). The first-order valence-corrected chi connectivity index (χ1v) is 11.4. The number of ether oxygens (including phenoxy) is 3. The van der Waals surface area contributed by atoms with Crippen LogP contribution in [0.1, 0.15) is 56.5 Å². The Morgan fingerprint density at radius 1 is 1.06 bits per heavy atom. The molecule has 2 amide bonds.